The van der Waals surface area contributed by atoms with Gasteiger partial charge in [0.15, 0.2) is 11.5 Å². The van der Waals surface area contributed by atoms with Gasteiger partial charge in [-0.05, 0) is 37.8 Å². The monoisotopic (exact) mass is 458 g/mol. The van der Waals surface area contributed by atoms with Gasteiger partial charge in [0.1, 0.15) is 5.82 Å². The predicted molar refractivity (Wildman–Crippen MR) is 120 cm³/mol. The molecule has 2 unspecified atom stereocenters. The fourth-order valence-electron chi connectivity index (χ4n) is 4.09. The van der Waals surface area contributed by atoms with Gasteiger partial charge in [-0.15, -0.1) is 5.10 Å². The first kappa shape index (κ1) is 22.7. The number of benzene rings is 1. The second-order valence-electron chi connectivity index (χ2n) is 8.18. The van der Waals surface area contributed by atoms with E-state index in [1.807, 2.05) is 11.0 Å². The first-order chi connectivity index (χ1) is 15.5. The van der Waals surface area contributed by atoms with Crippen molar-refractivity contribution in [2.75, 3.05) is 19.7 Å². The van der Waals surface area contributed by atoms with E-state index in [9.17, 15) is 14.0 Å². The highest BCUT2D eigenvalue weighted by molar-refractivity contribution is 7.81. The highest BCUT2D eigenvalue weighted by atomic mass is 32.1. The number of carbonyl (C=O) groups excluding carboxylic acids is 2. The van der Waals surface area contributed by atoms with E-state index in [2.05, 4.69) is 10.3 Å². The summed E-state index contributed by atoms with van der Waals surface area (Å²) in [6.45, 7) is 3.49. The fourth-order valence-corrected chi connectivity index (χ4v) is 4.39. The van der Waals surface area contributed by atoms with Gasteiger partial charge < -0.3 is 4.74 Å². The van der Waals surface area contributed by atoms with E-state index in [0.717, 1.165) is 24.8 Å². The molecule has 2 fully saturated rings. The number of carbonyl (C=O) groups is 2. The van der Waals surface area contributed by atoms with E-state index >= 15 is 0 Å². The molecule has 1 aromatic carbocycles. The molecule has 0 N–H and O–H groups in total. The number of piperidine rings is 1. The number of aromatic nitrogens is 3. The van der Waals surface area contributed by atoms with Crippen LogP contribution in [0.25, 0.3) is 0 Å². The zero-order chi connectivity index (χ0) is 22.7. The van der Waals surface area contributed by atoms with Crippen molar-refractivity contribution in [3.63, 3.8) is 0 Å². The van der Waals surface area contributed by atoms with Crippen LogP contribution in [0.4, 0.5) is 4.39 Å². The summed E-state index contributed by atoms with van der Waals surface area (Å²) in [5.41, 5.74) is 1.72. The van der Waals surface area contributed by atoms with Crippen molar-refractivity contribution < 1.29 is 18.7 Å². The van der Waals surface area contributed by atoms with E-state index in [0.29, 0.717) is 25.2 Å². The summed E-state index contributed by atoms with van der Waals surface area (Å²) < 4.78 is 21.2. The summed E-state index contributed by atoms with van der Waals surface area (Å²) in [5, 5.41) is 7.81. The molecular formula is C23H27FN4O3S. The molecule has 1 aromatic heterocycles. The van der Waals surface area contributed by atoms with Crippen molar-refractivity contribution in [1.29, 1.82) is 0 Å². The van der Waals surface area contributed by atoms with Gasteiger partial charge in [0.25, 0.3) is 0 Å². The number of nitrogens with zero attached hydrogens (tertiary/aromatic N) is 4. The SMILES string of the molecule is CCOC(=O)c1cnnn1C/C=C1\CN(C(C(=O)C2CC2)c2ccccc2F)CCC1S. The van der Waals surface area contributed by atoms with Gasteiger partial charge in [-0.1, -0.05) is 29.5 Å². The third-order valence-corrected chi connectivity index (χ3v) is 6.54. The Balaban J connectivity index is 1.55. The van der Waals surface area contributed by atoms with Crippen molar-refractivity contribution >= 4 is 24.4 Å². The maximum absolute atomic E-state index is 14.7. The molecule has 32 heavy (non-hydrogen) atoms. The molecule has 7 nitrogen and oxygen atoms in total. The Morgan fingerprint density at radius 2 is 2.09 bits per heavy atom. The minimum atomic E-state index is -0.602. The average Bonchev–Trinajstić information content (AvgIpc) is 3.53. The molecule has 1 aliphatic heterocycles. The Hall–Kier alpha value is -2.52. The molecule has 0 spiro atoms. The maximum Gasteiger partial charge on any atom is 0.358 e. The van der Waals surface area contributed by atoms with E-state index in [4.69, 9.17) is 17.4 Å². The lowest BCUT2D eigenvalue weighted by Crippen LogP contribution is -2.42. The van der Waals surface area contributed by atoms with Crippen LogP contribution in [0.15, 0.2) is 42.1 Å². The van der Waals surface area contributed by atoms with Crippen LogP contribution in [0.2, 0.25) is 0 Å². The number of halogens is 1. The number of ketones is 1. The minimum Gasteiger partial charge on any atom is -0.461 e. The molecule has 2 atom stereocenters. The number of esters is 1. The summed E-state index contributed by atoms with van der Waals surface area (Å²) in [6.07, 6.45) is 5.82. The molecule has 2 aliphatic rings. The zero-order valence-electron chi connectivity index (χ0n) is 18.0. The topological polar surface area (TPSA) is 77.3 Å². The van der Waals surface area contributed by atoms with E-state index < -0.39 is 12.0 Å². The van der Waals surface area contributed by atoms with Crippen molar-refractivity contribution in [1.82, 2.24) is 19.9 Å². The van der Waals surface area contributed by atoms with Crippen LogP contribution in [-0.4, -0.2) is 56.6 Å². The molecule has 2 heterocycles. The lowest BCUT2D eigenvalue weighted by Gasteiger charge is -2.37. The average molecular weight is 459 g/mol. The first-order valence-corrected chi connectivity index (χ1v) is 11.5. The van der Waals surface area contributed by atoms with Crippen LogP contribution >= 0.6 is 12.6 Å². The van der Waals surface area contributed by atoms with Gasteiger partial charge in [0.2, 0.25) is 0 Å². The van der Waals surface area contributed by atoms with Crippen LogP contribution in [0.5, 0.6) is 0 Å². The molecule has 0 bridgehead atoms. The number of Topliss-reactive ketones (excluding diaryl/α,β-unsaturated/α-hetero) is 1. The third-order valence-electron chi connectivity index (χ3n) is 5.95. The van der Waals surface area contributed by atoms with Gasteiger partial charge in [0.05, 0.1) is 25.4 Å². The number of allylic oxidation sites excluding steroid dienone is 1. The lowest BCUT2D eigenvalue weighted by molar-refractivity contribution is -0.126. The lowest BCUT2D eigenvalue weighted by atomic mass is 9.93. The number of ether oxygens (including phenoxy) is 1. The highest BCUT2D eigenvalue weighted by Gasteiger charge is 2.40. The van der Waals surface area contributed by atoms with Crippen LogP contribution in [0.3, 0.4) is 0 Å². The maximum atomic E-state index is 14.7. The number of thiol groups is 1. The molecule has 2 aromatic rings. The van der Waals surface area contributed by atoms with Crippen molar-refractivity contribution in [2.24, 2.45) is 5.92 Å². The van der Waals surface area contributed by atoms with Crippen molar-refractivity contribution in [3.05, 3.63) is 59.2 Å². The van der Waals surface area contributed by atoms with Gasteiger partial charge in [-0.3, -0.25) is 9.69 Å². The number of rotatable bonds is 8. The van der Waals surface area contributed by atoms with Gasteiger partial charge in [-0.25, -0.2) is 13.9 Å². The minimum absolute atomic E-state index is 0.0121. The Morgan fingerprint density at radius 3 is 2.81 bits per heavy atom. The molecular weight excluding hydrogens is 431 g/mol. The van der Waals surface area contributed by atoms with Gasteiger partial charge in [-0.2, -0.15) is 12.6 Å². The number of hydrogen-bond acceptors (Lipinski definition) is 7. The Labute approximate surface area is 192 Å². The van der Waals surface area contributed by atoms with E-state index in [1.54, 1.807) is 25.1 Å². The molecule has 0 radical (unpaired) electrons. The highest BCUT2D eigenvalue weighted by Crippen LogP contribution is 2.39. The normalized spacial score (nSPS) is 21.5. The Kier molecular flexibility index (Phi) is 7.05. The summed E-state index contributed by atoms with van der Waals surface area (Å²) in [4.78, 5) is 27.3. The van der Waals surface area contributed by atoms with Crippen LogP contribution in [-0.2, 0) is 16.1 Å². The molecule has 4 rings (SSSR count). The van der Waals surface area contributed by atoms with Gasteiger partial charge >= 0.3 is 5.97 Å². The second-order valence-corrected chi connectivity index (χ2v) is 8.80. The summed E-state index contributed by atoms with van der Waals surface area (Å²) in [7, 11) is 0. The van der Waals surface area contributed by atoms with E-state index in [1.165, 1.54) is 16.9 Å². The first-order valence-electron chi connectivity index (χ1n) is 10.9. The Bertz CT molecular complexity index is 1020. The second kappa shape index (κ2) is 9.95. The standard InChI is InChI=1S/C23H27FN4O3S/c1-2-31-23(30)19-13-25-26-28(19)12-9-16-14-27(11-10-20(16)32)21(22(29)15-7-8-15)17-5-3-4-6-18(17)24/h3-6,9,13,15,20-21,32H,2,7-8,10-12,14H2,1H3/b16-9+. The quantitative estimate of drug-likeness (QED) is 0.372. The number of likely N-dealkylation sites (tertiary alicyclic amines) is 1. The van der Waals surface area contributed by atoms with Crippen LogP contribution < -0.4 is 0 Å². The Morgan fingerprint density at radius 1 is 1.31 bits per heavy atom. The molecule has 0 amide bonds. The predicted octanol–water partition coefficient (Wildman–Crippen LogP) is 3.24. The van der Waals surface area contributed by atoms with Crippen molar-refractivity contribution in [3.8, 4) is 0 Å². The van der Waals surface area contributed by atoms with Gasteiger partial charge in [0, 0.05) is 29.8 Å². The fraction of sp³-hybridized carbons (Fsp3) is 0.478. The molecule has 1 saturated heterocycles. The molecule has 9 heteroatoms. The summed E-state index contributed by atoms with van der Waals surface area (Å²) in [6, 6.07) is 5.93. The molecule has 1 saturated carbocycles. The number of hydrogen-bond donors (Lipinski definition) is 1. The van der Waals surface area contributed by atoms with Crippen LogP contribution in [0.1, 0.15) is 48.3 Å². The molecule has 170 valence electrons. The van der Waals surface area contributed by atoms with Crippen molar-refractivity contribution in [2.45, 2.75) is 44.0 Å². The molecule has 1 aliphatic carbocycles. The van der Waals surface area contributed by atoms with Crippen LogP contribution in [0, 0.1) is 11.7 Å². The smallest absolute Gasteiger partial charge is 0.358 e. The summed E-state index contributed by atoms with van der Waals surface area (Å²) >= 11 is 4.72. The zero-order valence-corrected chi connectivity index (χ0v) is 18.9. The summed E-state index contributed by atoms with van der Waals surface area (Å²) in [5.74, 6) is -0.721. The van der Waals surface area contributed by atoms with E-state index in [-0.39, 0.29) is 35.1 Å². The largest absolute Gasteiger partial charge is 0.461 e. The third kappa shape index (κ3) is 4.94.